The maximum atomic E-state index is 12.1. The zero-order valence-electron chi connectivity index (χ0n) is 15.8. The van der Waals surface area contributed by atoms with Crippen molar-refractivity contribution >= 4 is 11.8 Å². The summed E-state index contributed by atoms with van der Waals surface area (Å²) in [6.07, 6.45) is 2.16. The van der Waals surface area contributed by atoms with Crippen molar-refractivity contribution in [3.05, 3.63) is 29.8 Å². The Morgan fingerprint density at radius 3 is 2.48 bits per heavy atom. The minimum absolute atomic E-state index is 0.180. The smallest absolute Gasteiger partial charge is 0.410 e. The number of amides is 1. The molecule has 1 amide bonds. The lowest BCUT2D eigenvalue weighted by Gasteiger charge is -2.35. The number of carbonyl (C=O) groups excluding carboxylic acids is 1. The number of rotatable bonds is 4. The molecule has 1 fully saturated rings. The normalized spacial score (nSPS) is 18.4. The highest BCUT2D eigenvalue weighted by atomic mass is 16.6. The van der Waals surface area contributed by atoms with Gasteiger partial charge in [0.25, 0.3) is 0 Å². The Bertz CT molecular complexity index is 589. The van der Waals surface area contributed by atoms with Gasteiger partial charge >= 0.3 is 6.09 Å². The molecule has 0 aromatic heterocycles. The number of para-hydroxylation sites is 1. The number of fused-ring (bicyclic) bond motifs is 1. The van der Waals surface area contributed by atoms with Crippen molar-refractivity contribution in [2.75, 3.05) is 50.7 Å². The summed E-state index contributed by atoms with van der Waals surface area (Å²) < 4.78 is 5.46. The molecular formula is C20H31N3O2. The molecule has 0 aliphatic carbocycles. The number of benzene rings is 1. The second-order valence-corrected chi connectivity index (χ2v) is 8.03. The maximum absolute atomic E-state index is 12.1. The molecule has 0 saturated carbocycles. The van der Waals surface area contributed by atoms with E-state index in [0.29, 0.717) is 0 Å². The summed E-state index contributed by atoms with van der Waals surface area (Å²) in [6, 6.07) is 8.74. The molecule has 5 nitrogen and oxygen atoms in total. The lowest BCUT2D eigenvalue weighted by atomic mass is 10.2. The number of anilines is 1. The van der Waals surface area contributed by atoms with Crippen LogP contribution in [0.1, 0.15) is 32.8 Å². The lowest BCUT2D eigenvalue weighted by Crippen LogP contribution is -2.50. The predicted molar refractivity (Wildman–Crippen MR) is 101 cm³/mol. The number of piperazine rings is 1. The van der Waals surface area contributed by atoms with E-state index in [4.69, 9.17) is 4.74 Å². The topological polar surface area (TPSA) is 36.0 Å². The average Bonchev–Trinajstić information content (AvgIpc) is 2.97. The van der Waals surface area contributed by atoms with Gasteiger partial charge in [0, 0.05) is 45.0 Å². The van der Waals surface area contributed by atoms with Crippen molar-refractivity contribution in [3.8, 4) is 0 Å². The molecule has 5 heteroatoms. The number of ether oxygens (including phenoxy) is 1. The monoisotopic (exact) mass is 345 g/mol. The number of hydrogen-bond donors (Lipinski definition) is 0. The Labute approximate surface area is 151 Å². The van der Waals surface area contributed by atoms with Crippen LogP contribution in [0.15, 0.2) is 24.3 Å². The Hall–Kier alpha value is -1.75. The number of hydrogen-bond acceptors (Lipinski definition) is 4. The van der Waals surface area contributed by atoms with Gasteiger partial charge in [-0.25, -0.2) is 4.79 Å². The standard InChI is InChI=1S/C20H31N3O2/c1-20(2,3)25-19(24)23-15-13-21(14-16-23)10-6-11-22-12-9-17-7-4-5-8-18(17)22/h4-5,7-8H,6,9-16H2,1-3H3. The highest BCUT2D eigenvalue weighted by molar-refractivity contribution is 5.68. The van der Waals surface area contributed by atoms with Crippen molar-refractivity contribution in [1.82, 2.24) is 9.80 Å². The SMILES string of the molecule is CC(C)(C)OC(=O)N1CCN(CCCN2CCc3ccccc32)CC1. The second kappa shape index (κ2) is 7.65. The zero-order valence-corrected chi connectivity index (χ0v) is 15.8. The summed E-state index contributed by atoms with van der Waals surface area (Å²) in [7, 11) is 0. The molecule has 0 spiro atoms. The van der Waals surface area contributed by atoms with Gasteiger partial charge in [-0.3, -0.25) is 4.90 Å². The van der Waals surface area contributed by atoms with Crippen LogP contribution in [0.25, 0.3) is 0 Å². The molecular weight excluding hydrogens is 314 g/mol. The van der Waals surface area contributed by atoms with Gasteiger partial charge in [0.1, 0.15) is 5.60 Å². The summed E-state index contributed by atoms with van der Waals surface area (Å²) in [4.78, 5) is 18.9. The van der Waals surface area contributed by atoms with E-state index >= 15 is 0 Å². The third-order valence-corrected chi connectivity index (χ3v) is 4.91. The van der Waals surface area contributed by atoms with Crippen LogP contribution in [-0.4, -0.2) is 67.3 Å². The fraction of sp³-hybridized carbons (Fsp3) is 0.650. The van der Waals surface area contributed by atoms with Gasteiger partial charge in [-0.05, 0) is 51.8 Å². The van der Waals surface area contributed by atoms with Crippen LogP contribution in [0.3, 0.4) is 0 Å². The Morgan fingerprint density at radius 2 is 1.76 bits per heavy atom. The minimum Gasteiger partial charge on any atom is -0.444 e. The zero-order chi connectivity index (χ0) is 17.9. The summed E-state index contributed by atoms with van der Waals surface area (Å²) in [5, 5.41) is 0. The Kier molecular flexibility index (Phi) is 5.52. The molecule has 0 atom stereocenters. The van der Waals surface area contributed by atoms with E-state index in [2.05, 4.69) is 34.1 Å². The van der Waals surface area contributed by atoms with Gasteiger partial charge < -0.3 is 14.5 Å². The molecule has 0 radical (unpaired) electrons. The first-order chi connectivity index (χ1) is 11.9. The second-order valence-electron chi connectivity index (χ2n) is 8.03. The first kappa shape index (κ1) is 18.1. The highest BCUT2D eigenvalue weighted by Gasteiger charge is 2.26. The molecule has 2 aliphatic heterocycles. The van der Waals surface area contributed by atoms with Gasteiger partial charge in [0.05, 0.1) is 0 Å². The average molecular weight is 345 g/mol. The fourth-order valence-electron chi connectivity index (χ4n) is 3.60. The summed E-state index contributed by atoms with van der Waals surface area (Å²) >= 11 is 0. The molecule has 2 aliphatic rings. The van der Waals surface area contributed by atoms with Crippen LogP contribution in [0.4, 0.5) is 10.5 Å². The van der Waals surface area contributed by atoms with Crippen molar-refractivity contribution in [3.63, 3.8) is 0 Å². The van der Waals surface area contributed by atoms with E-state index < -0.39 is 5.60 Å². The van der Waals surface area contributed by atoms with Crippen molar-refractivity contribution in [2.45, 2.75) is 39.2 Å². The van der Waals surface area contributed by atoms with Gasteiger partial charge in [0.2, 0.25) is 0 Å². The first-order valence-electron chi connectivity index (χ1n) is 9.45. The first-order valence-corrected chi connectivity index (χ1v) is 9.45. The molecule has 138 valence electrons. The van der Waals surface area contributed by atoms with E-state index in [-0.39, 0.29) is 6.09 Å². The third kappa shape index (κ3) is 4.88. The largest absolute Gasteiger partial charge is 0.444 e. The predicted octanol–water partition coefficient (Wildman–Crippen LogP) is 2.99. The molecule has 25 heavy (non-hydrogen) atoms. The van der Waals surface area contributed by atoms with Gasteiger partial charge in [-0.15, -0.1) is 0 Å². The molecule has 3 rings (SSSR count). The highest BCUT2D eigenvalue weighted by Crippen LogP contribution is 2.27. The van der Waals surface area contributed by atoms with Crippen LogP contribution in [0, 0.1) is 0 Å². The van der Waals surface area contributed by atoms with Crippen LogP contribution in [-0.2, 0) is 11.2 Å². The molecule has 1 saturated heterocycles. The van der Waals surface area contributed by atoms with Crippen LogP contribution in [0.5, 0.6) is 0 Å². The van der Waals surface area contributed by atoms with Crippen molar-refractivity contribution in [1.29, 1.82) is 0 Å². The van der Waals surface area contributed by atoms with Crippen LogP contribution in [0.2, 0.25) is 0 Å². The molecule has 2 heterocycles. The summed E-state index contributed by atoms with van der Waals surface area (Å²) in [5.74, 6) is 0. The van der Waals surface area contributed by atoms with Crippen LogP contribution < -0.4 is 4.90 Å². The van der Waals surface area contributed by atoms with Crippen molar-refractivity contribution < 1.29 is 9.53 Å². The van der Waals surface area contributed by atoms with Gasteiger partial charge in [-0.1, -0.05) is 18.2 Å². The minimum atomic E-state index is -0.416. The quantitative estimate of drug-likeness (QED) is 0.840. The number of carbonyl (C=O) groups is 1. The van der Waals surface area contributed by atoms with E-state index in [1.807, 2.05) is 25.7 Å². The van der Waals surface area contributed by atoms with E-state index in [9.17, 15) is 4.79 Å². The van der Waals surface area contributed by atoms with Gasteiger partial charge in [-0.2, -0.15) is 0 Å². The third-order valence-electron chi connectivity index (χ3n) is 4.91. The Morgan fingerprint density at radius 1 is 1.04 bits per heavy atom. The summed E-state index contributed by atoms with van der Waals surface area (Å²) in [5.41, 5.74) is 2.48. The molecule has 0 bridgehead atoms. The van der Waals surface area contributed by atoms with E-state index in [1.54, 1.807) is 0 Å². The number of nitrogens with zero attached hydrogens (tertiary/aromatic N) is 3. The molecule has 1 aromatic carbocycles. The molecule has 0 unspecified atom stereocenters. The maximum Gasteiger partial charge on any atom is 0.410 e. The summed E-state index contributed by atoms with van der Waals surface area (Å²) in [6.45, 7) is 12.5. The molecule has 0 N–H and O–H groups in total. The van der Waals surface area contributed by atoms with E-state index in [0.717, 1.165) is 45.8 Å². The van der Waals surface area contributed by atoms with Crippen LogP contribution >= 0.6 is 0 Å². The van der Waals surface area contributed by atoms with Crippen molar-refractivity contribution in [2.24, 2.45) is 0 Å². The Balaban J connectivity index is 1.37. The molecule has 1 aromatic rings. The lowest BCUT2D eigenvalue weighted by molar-refractivity contribution is 0.0145. The van der Waals surface area contributed by atoms with Gasteiger partial charge in [0.15, 0.2) is 0 Å². The van der Waals surface area contributed by atoms with E-state index in [1.165, 1.54) is 24.1 Å². The fourth-order valence-corrected chi connectivity index (χ4v) is 3.60.